The van der Waals surface area contributed by atoms with E-state index in [1.54, 1.807) is 29.1 Å². The van der Waals surface area contributed by atoms with Gasteiger partial charge < -0.3 is 9.15 Å². The van der Waals surface area contributed by atoms with Gasteiger partial charge in [0.1, 0.15) is 17.2 Å². The van der Waals surface area contributed by atoms with Gasteiger partial charge >= 0.3 is 0 Å². The lowest BCUT2D eigenvalue weighted by Crippen LogP contribution is -2.43. The number of benzene rings is 2. The zero-order chi connectivity index (χ0) is 22.5. The van der Waals surface area contributed by atoms with Gasteiger partial charge in [0.05, 0.1) is 11.3 Å². The number of amides is 2. The highest BCUT2D eigenvalue weighted by Crippen LogP contribution is 2.25. The third-order valence-corrected chi connectivity index (χ3v) is 4.63. The van der Waals surface area contributed by atoms with Crippen molar-refractivity contribution in [3.05, 3.63) is 89.8 Å². The molecule has 2 heterocycles. The molecule has 2 N–H and O–H groups in total. The first-order chi connectivity index (χ1) is 15.5. The minimum atomic E-state index is -0.528. The zero-order valence-electron chi connectivity index (χ0n) is 17.7. The number of furan rings is 1. The lowest BCUT2D eigenvalue weighted by Gasteiger charge is -2.09. The van der Waals surface area contributed by atoms with Crippen molar-refractivity contribution in [3.63, 3.8) is 0 Å². The molecular weight excluding hydrogens is 408 g/mol. The standard InChI is InChI=1S/C24H22N4O4/c1-16-7-6-10-19(13-16)31-15-22(29)25-26-24(30)20-14-28(18-8-4-3-5-9-18)27-23(20)21-12-11-17(2)32-21/h3-14H,15H2,1-2H3,(H,25,29)(H,26,30). The summed E-state index contributed by atoms with van der Waals surface area (Å²) in [5.74, 6) is 0.704. The summed E-state index contributed by atoms with van der Waals surface area (Å²) < 4.78 is 12.7. The molecule has 162 valence electrons. The van der Waals surface area contributed by atoms with Crippen LogP contribution in [0.15, 0.2) is 77.3 Å². The van der Waals surface area contributed by atoms with Gasteiger partial charge in [0.2, 0.25) is 0 Å². The van der Waals surface area contributed by atoms with Gasteiger partial charge in [0.25, 0.3) is 11.8 Å². The van der Waals surface area contributed by atoms with Crippen molar-refractivity contribution in [2.24, 2.45) is 0 Å². The molecule has 2 amide bonds. The minimum Gasteiger partial charge on any atom is -0.484 e. The summed E-state index contributed by atoms with van der Waals surface area (Å²) in [5, 5.41) is 4.52. The molecule has 0 aliphatic carbocycles. The second-order valence-corrected chi connectivity index (χ2v) is 7.19. The zero-order valence-corrected chi connectivity index (χ0v) is 17.7. The molecular formula is C24H22N4O4. The molecule has 0 unspecified atom stereocenters. The molecule has 0 bridgehead atoms. The average Bonchev–Trinajstić information content (AvgIpc) is 3.43. The number of carbonyl (C=O) groups excluding carboxylic acids is 2. The molecule has 8 nitrogen and oxygen atoms in total. The van der Waals surface area contributed by atoms with Crippen molar-refractivity contribution in [2.75, 3.05) is 6.61 Å². The van der Waals surface area contributed by atoms with Crippen LogP contribution >= 0.6 is 0 Å². The molecule has 0 atom stereocenters. The van der Waals surface area contributed by atoms with Crippen molar-refractivity contribution in [1.82, 2.24) is 20.6 Å². The first-order valence-electron chi connectivity index (χ1n) is 10.00. The SMILES string of the molecule is Cc1cccc(OCC(=O)NNC(=O)c2cn(-c3ccccc3)nc2-c2ccc(C)o2)c1. The molecule has 0 saturated heterocycles. The van der Waals surface area contributed by atoms with Crippen LogP contribution in [0, 0.1) is 13.8 Å². The topological polar surface area (TPSA) is 98.4 Å². The number of carbonyl (C=O) groups is 2. The van der Waals surface area contributed by atoms with Crippen LogP contribution in [-0.4, -0.2) is 28.2 Å². The fraction of sp³-hybridized carbons (Fsp3) is 0.125. The molecule has 8 heteroatoms. The Morgan fingerprint density at radius 3 is 2.53 bits per heavy atom. The number of hydrazine groups is 1. The summed E-state index contributed by atoms with van der Waals surface area (Å²) in [6.07, 6.45) is 1.59. The van der Waals surface area contributed by atoms with E-state index >= 15 is 0 Å². The van der Waals surface area contributed by atoms with Crippen LogP contribution in [0.25, 0.3) is 17.1 Å². The molecule has 0 fully saturated rings. The summed E-state index contributed by atoms with van der Waals surface area (Å²) >= 11 is 0. The molecule has 0 spiro atoms. The fourth-order valence-corrected chi connectivity index (χ4v) is 3.08. The van der Waals surface area contributed by atoms with Crippen molar-refractivity contribution < 1.29 is 18.7 Å². The van der Waals surface area contributed by atoms with E-state index in [1.807, 2.05) is 62.4 Å². The monoisotopic (exact) mass is 430 g/mol. The minimum absolute atomic E-state index is 0.239. The number of hydrogen-bond donors (Lipinski definition) is 2. The highest BCUT2D eigenvalue weighted by molar-refractivity contribution is 6.00. The summed E-state index contributed by atoms with van der Waals surface area (Å²) in [6, 6.07) is 20.3. The Morgan fingerprint density at radius 2 is 1.81 bits per heavy atom. The molecule has 4 aromatic rings. The lowest BCUT2D eigenvalue weighted by molar-refractivity contribution is -0.123. The average molecular weight is 430 g/mol. The van der Waals surface area contributed by atoms with Crippen LogP contribution in [-0.2, 0) is 4.79 Å². The Morgan fingerprint density at radius 1 is 1.00 bits per heavy atom. The van der Waals surface area contributed by atoms with Gasteiger partial charge in [-0.1, -0.05) is 30.3 Å². The van der Waals surface area contributed by atoms with Crippen molar-refractivity contribution in [2.45, 2.75) is 13.8 Å². The first-order valence-corrected chi connectivity index (χ1v) is 10.00. The van der Waals surface area contributed by atoms with Gasteiger partial charge in [-0.15, -0.1) is 0 Å². The summed E-state index contributed by atoms with van der Waals surface area (Å²) in [5.41, 5.74) is 7.21. The van der Waals surface area contributed by atoms with Gasteiger partial charge in [-0.25, -0.2) is 4.68 Å². The predicted molar refractivity (Wildman–Crippen MR) is 118 cm³/mol. The molecule has 32 heavy (non-hydrogen) atoms. The van der Waals surface area contributed by atoms with E-state index in [-0.39, 0.29) is 12.2 Å². The maximum atomic E-state index is 12.9. The highest BCUT2D eigenvalue weighted by Gasteiger charge is 2.21. The number of ether oxygens (including phenoxy) is 1. The highest BCUT2D eigenvalue weighted by atomic mass is 16.5. The van der Waals surface area contributed by atoms with E-state index in [2.05, 4.69) is 16.0 Å². The molecule has 0 saturated carbocycles. The number of aryl methyl sites for hydroxylation is 2. The third kappa shape index (κ3) is 4.86. The van der Waals surface area contributed by atoms with Crippen LogP contribution in [0.5, 0.6) is 5.75 Å². The Labute approximate surface area is 184 Å². The van der Waals surface area contributed by atoms with Gasteiger partial charge in [-0.3, -0.25) is 20.4 Å². The maximum Gasteiger partial charge on any atom is 0.276 e. The Balaban J connectivity index is 1.47. The lowest BCUT2D eigenvalue weighted by atomic mass is 10.2. The number of aromatic nitrogens is 2. The predicted octanol–water partition coefficient (Wildman–Crippen LogP) is 3.59. The Hall–Kier alpha value is -4.33. The largest absolute Gasteiger partial charge is 0.484 e. The van der Waals surface area contributed by atoms with E-state index in [0.29, 0.717) is 23.0 Å². The van der Waals surface area contributed by atoms with Crippen molar-refractivity contribution >= 4 is 11.8 Å². The number of hydrogen-bond acceptors (Lipinski definition) is 5. The van der Waals surface area contributed by atoms with Crippen LogP contribution in [0.2, 0.25) is 0 Å². The number of para-hydroxylation sites is 1. The quantitative estimate of drug-likeness (QED) is 0.456. The smallest absolute Gasteiger partial charge is 0.276 e. The van der Waals surface area contributed by atoms with Crippen LogP contribution in [0.3, 0.4) is 0 Å². The second-order valence-electron chi connectivity index (χ2n) is 7.19. The normalized spacial score (nSPS) is 10.6. The van der Waals surface area contributed by atoms with Crippen molar-refractivity contribution in [3.8, 4) is 22.9 Å². The first kappa shape index (κ1) is 20.9. The Kier molecular flexibility index (Phi) is 6.03. The van der Waals surface area contributed by atoms with E-state index in [1.165, 1.54) is 0 Å². The van der Waals surface area contributed by atoms with Crippen LogP contribution in [0.1, 0.15) is 21.7 Å². The van der Waals surface area contributed by atoms with Gasteiger partial charge in [-0.2, -0.15) is 5.10 Å². The van der Waals surface area contributed by atoms with Gasteiger partial charge in [0.15, 0.2) is 12.4 Å². The number of nitrogens with one attached hydrogen (secondary N) is 2. The van der Waals surface area contributed by atoms with Gasteiger partial charge in [0, 0.05) is 6.20 Å². The molecule has 0 aliphatic heterocycles. The van der Waals surface area contributed by atoms with E-state index in [0.717, 1.165) is 11.3 Å². The van der Waals surface area contributed by atoms with E-state index in [4.69, 9.17) is 9.15 Å². The second kappa shape index (κ2) is 9.22. The number of rotatable bonds is 6. The molecule has 2 aromatic carbocycles. The van der Waals surface area contributed by atoms with Crippen LogP contribution < -0.4 is 15.6 Å². The van der Waals surface area contributed by atoms with Crippen molar-refractivity contribution in [1.29, 1.82) is 0 Å². The summed E-state index contributed by atoms with van der Waals surface area (Å²) in [4.78, 5) is 25.0. The van der Waals surface area contributed by atoms with Gasteiger partial charge in [-0.05, 0) is 55.8 Å². The Bertz CT molecular complexity index is 1240. The van der Waals surface area contributed by atoms with E-state index < -0.39 is 11.8 Å². The molecule has 4 rings (SSSR count). The van der Waals surface area contributed by atoms with E-state index in [9.17, 15) is 9.59 Å². The summed E-state index contributed by atoms with van der Waals surface area (Å²) in [6.45, 7) is 3.50. The summed E-state index contributed by atoms with van der Waals surface area (Å²) in [7, 11) is 0. The third-order valence-electron chi connectivity index (χ3n) is 4.63. The number of nitrogens with zero attached hydrogens (tertiary/aromatic N) is 2. The maximum absolute atomic E-state index is 12.9. The van der Waals surface area contributed by atoms with Crippen LogP contribution in [0.4, 0.5) is 0 Å². The molecule has 2 aromatic heterocycles. The molecule has 0 aliphatic rings. The molecule has 0 radical (unpaired) electrons. The fourth-order valence-electron chi connectivity index (χ4n) is 3.08.